The number of carbonyl (C=O) groups is 1. The molecule has 1 fully saturated rings. The van der Waals surface area contributed by atoms with Crippen LogP contribution in [0.1, 0.15) is 24.1 Å². The summed E-state index contributed by atoms with van der Waals surface area (Å²) in [6, 6.07) is 16.0. The van der Waals surface area contributed by atoms with Crippen LogP contribution < -0.4 is 26.0 Å². The number of ether oxygens (including phenoxy) is 1. The Morgan fingerprint density at radius 1 is 1.07 bits per heavy atom. The molecule has 1 aliphatic rings. The summed E-state index contributed by atoms with van der Waals surface area (Å²) in [5.74, 6) is 0.277. The second-order valence-electron chi connectivity index (χ2n) is 10.3. The molecule has 9 nitrogen and oxygen atoms in total. The van der Waals surface area contributed by atoms with Crippen LogP contribution in [0, 0.1) is 5.82 Å². The van der Waals surface area contributed by atoms with E-state index in [0.29, 0.717) is 76.6 Å². The summed E-state index contributed by atoms with van der Waals surface area (Å²) in [6.07, 6.45) is 3.06. The Balaban J connectivity index is 1.36. The summed E-state index contributed by atoms with van der Waals surface area (Å²) in [7, 11) is 1.61. The first kappa shape index (κ1) is 31.6. The molecular weight excluding hydrogens is 606 g/mol. The smallest absolute Gasteiger partial charge is 0.220 e. The minimum Gasteiger partial charge on any atom is -0.496 e. The lowest BCUT2D eigenvalue weighted by Crippen LogP contribution is -2.35. The average molecular weight is 640 g/mol. The van der Waals surface area contributed by atoms with Crippen molar-refractivity contribution in [2.24, 2.45) is 0 Å². The van der Waals surface area contributed by atoms with E-state index in [-0.39, 0.29) is 24.4 Å². The Morgan fingerprint density at radius 3 is 2.68 bits per heavy atom. The topological polar surface area (TPSA) is 120 Å². The lowest BCUT2D eigenvalue weighted by molar-refractivity contribution is -0.119. The molecule has 0 bridgehead atoms. The van der Waals surface area contributed by atoms with Gasteiger partial charge in [-0.05, 0) is 36.8 Å². The van der Waals surface area contributed by atoms with E-state index >= 15 is 0 Å². The van der Waals surface area contributed by atoms with Crippen LogP contribution >= 0.6 is 23.2 Å². The van der Waals surface area contributed by atoms with Gasteiger partial charge >= 0.3 is 0 Å². The number of halogens is 3. The Hall–Kier alpha value is -3.80. The molecule has 1 aliphatic heterocycles. The number of benzene rings is 2. The molecule has 12 heteroatoms. The molecule has 0 aliphatic carbocycles. The van der Waals surface area contributed by atoms with E-state index in [1.165, 1.54) is 6.07 Å². The van der Waals surface area contributed by atoms with Gasteiger partial charge in [-0.3, -0.25) is 9.78 Å². The standard InChI is InChI=1S/C32H33Cl2FN6O3/c1-44-27-15-19(5-6-20(27)16-37-18-21-8-10-28(43)39-21)31-30(34)24(11-12-38-31)23-3-2-4-26(29(23)33)41-32-25(35)9-7-22(40-32)17-36-13-14-42/h2-7,9,11-12,15,21,36-37,42H,8,10,13-14,16-18H2,1H3,(H,39,43)(H,40,41)/t21-/m1/s1. The lowest BCUT2D eigenvalue weighted by atomic mass is 10.0. The summed E-state index contributed by atoms with van der Waals surface area (Å²) in [4.78, 5) is 20.4. The number of hydrogen-bond acceptors (Lipinski definition) is 8. The van der Waals surface area contributed by atoms with Crippen molar-refractivity contribution in [3.8, 4) is 28.1 Å². The molecule has 1 amide bonds. The third-order valence-electron chi connectivity index (χ3n) is 7.28. The minimum absolute atomic E-state index is 0.00635. The SMILES string of the molecule is COc1cc(-c2nccc(-c3cccc(Nc4nc(CNCCO)ccc4F)c3Cl)c2Cl)ccc1CNC[C@H]1CCC(=O)N1. The first-order valence-corrected chi connectivity index (χ1v) is 15.0. The Morgan fingerprint density at radius 2 is 1.91 bits per heavy atom. The van der Waals surface area contributed by atoms with Gasteiger partial charge < -0.3 is 31.1 Å². The van der Waals surface area contributed by atoms with Gasteiger partial charge in [0.25, 0.3) is 0 Å². The van der Waals surface area contributed by atoms with Crippen LogP contribution in [0.15, 0.2) is 60.8 Å². The Kier molecular flexibility index (Phi) is 10.6. The zero-order valence-electron chi connectivity index (χ0n) is 24.1. The number of nitrogens with zero attached hydrogens (tertiary/aromatic N) is 2. The molecule has 1 saturated heterocycles. The summed E-state index contributed by atoms with van der Waals surface area (Å²) in [6.45, 7) is 2.02. The third-order valence-corrected chi connectivity index (χ3v) is 8.07. The van der Waals surface area contributed by atoms with Gasteiger partial charge in [-0.15, -0.1) is 0 Å². The van der Waals surface area contributed by atoms with Crippen molar-refractivity contribution in [1.82, 2.24) is 25.9 Å². The van der Waals surface area contributed by atoms with E-state index in [0.717, 1.165) is 17.5 Å². The van der Waals surface area contributed by atoms with Gasteiger partial charge in [0.05, 0.1) is 40.8 Å². The molecule has 3 heterocycles. The number of aromatic nitrogens is 2. The van der Waals surface area contributed by atoms with E-state index in [9.17, 15) is 9.18 Å². The highest BCUT2D eigenvalue weighted by molar-refractivity contribution is 6.39. The molecule has 0 spiro atoms. The van der Waals surface area contributed by atoms with Gasteiger partial charge in [0.2, 0.25) is 5.91 Å². The number of aliphatic hydroxyl groups is 1. The van der Waals surface area contributed by atoms with Crippen molar-refractivity contribution in [1.29, 1.82) is 0 Å². The van der Waals surface area contributed by atoms with E-state index < -0.39 is 5.82 Å². The number of pyridine rings is 2. The molecular formula is C32H33Cl2FN6O3. The number of aliphatic hydroxyl groups excluding tert-OH is 1. The van der Waals surface area contributed by atoms with Crippen molar-refractivity contribution in [3.05, 3.63) is 87.9 Å². The highest BCUT2D eigenvalue weighted by Crippen LogP contribution is 2.41. The van der Waals surface area contributed by atoms with Gasteiger partial charge in [0.1, 0.15) is 5.75 Å². The molecule has 44 heavy (non-hydrogen) atoms. The van der Waals surface area contributed by atoms with Crippen LogP contribution in [0.5, 0.6) is 5.75 Å². The number of nitrogens with one attached hydrogen (secondary N) is 4. The van der Waals surface area contributed by atoms with Crippen molar-refractivity contribution in [3.63, 3.8) is 0 Å². The van der Waals surface area contributed by atoms with Gasteiger partial charge in [-0.1, -0.05) is 47.5 Å². The van der Waals surface area contributed by atoms with Crippen LogP contribution in [0.4, 0.5) is 15.9 Å². The van der Waals surface area contributed by atoms with Gasteiger partial charge in [-0.25, -0.2) is 9.37 Å². The zero-order chi connectivity index (χ0) is 31.1. The zero-order valence-corrected chi connectivity index (χ0v) is 25.6. The number of amides is 1. The van der Waals surface area contributed by atoms with Gasteiger partial charge in [0.15, 0.2) is 11.6 Å². The van der Waals surface area contributed by atoms with Crippen LogP contribution in [-0.2, 0) is 17.9 Å². The summed E-state index contributed by atoms with van der Waals surface area (Å²) in [5.41, 5.74) is 4.65. The molecule has 5 N–H and O–H groups in total. The molecule has 2 aromatic heterocycles. The number of methoxy groups -OCH3 is 1. The normalized spacial score (nSPS) is 14.5. The summed E-state index contributed by atoms with van der Waals surface area (Å²) >= 11 is 13.8. The molecule has 0 unspecified atom stereocenters. The molecule has 2 aromatic carbocycles. The van der Waals surface area contributed by atoms with Gasteiger partial charge in [-0.2, -0.15) is 0 Å². The molecule has 0 radical (unpaired) electrons. The fraction of sp³-hybridized carbons (Fsp3) is 0.281. The maximum absolute atomic E-state index is 14.7. The number of rotatable bonds is 13. The van der Waals surface area contributed by atoms with Crippen molar-refractivity contribution in [2.75, 3.05) is 32.1 Å². The highest BCUT2D eigenvalue weighted by Gasteiger charge is 2.21. The van der Waals surface area contributed by atoms with E-state index in [4.69, 9.17) is 33.0 Å². The average Bonchev–Trinajstić information content (AvgIpc) is 3.45. The fourth-order valence-electron chi connectivity index (χ4n) is 5.03. The second kappa shape index (κ2) is 14.8. The molecule has 230 valence electrons. The van der Waals surface area contributed by atoms with Crippen molar-refractivity contribution >= 4 is 40.6 Å². The van der Waals surface area contributed by atoms with E-state index in [1.807, 2.05) is 24.3 Å². The molecule has 0 saturated carbocycles. The maximum atomic E-state index is 14.7. The molecule has 1 atom stereocenters. The van der Waals surface area contributed by atoms with Crippen molar-refractivity contribution in [2.45, 2.75) is 32.0 Å². The summed E-state index contributed by atoms with van der Waals surface area (Å²) < 4.78 is 20.3. The first-order valence-electron chi connectivity index (χ1n) is 14.2. The predicted octanol–water partition coefficient (Wildman–Crippen LogP) is 5.46. The van der Waals surface area contributed by atoms with E-state index in [1.54, 1.807) is 37.6 Å². The predicted molar refractivity (Wildman–Crippen MR) is 171 cm³/mol. The molecule has 5 rings (SSSR count). The van der Waals surface area contributed by atoms with Crippen LogP contribution in [-0.4, -0.2) is 53.8 Å². The first-order chi connectivity index (χ1) is 21.4. The number of anilines is 2. The number of carbonyl (C=O) groups excluding carboxylic acids is 1. The van der Waals surface area contributed by atoms with Crippen LogP contribution in [0.25, 0.3) is 22.4 Å². The Labute approximate surface area is 265 Å². The van der Waals surface area contributed by atoms with Gasteiger partial charge in [0, 0.05) is 67.1 Å². The largest absolute Gasteiger partial charge is 0.496 e. The second-order valence-corrected chi connectivity index (χ2v) is 11.1. The van der Waals surface area contributed by atoms with Crippen molar-refractivity contribution < 1.29 is 19.0 Å². The number of hydrogen-bond donors (Lipinski definition) is 5. The Bertz CT molecular complexity index is 1640. The van der Waals surface area contributed by atoms with E-state index in [2.05, 4.69) is 31.2 Å². The maximum Gasteiger partial charge on any atom is 0.220 e. The lowest BCUT2D eigenvalue weighted by Gasteiger charge is -2.16. The quantitative estimate of drug-likeness (QED) is 0.123. The molecule has 4 aromatic rings. The highest BCUT2D eigenvalue weighted by atomic mass is 35.5. The van der Waals surface area contributed by atoms with Crippen LogP contribution in [0.3, 0.4) is 0 Å². The van der Waals surface area contributed by atoms with Crippen LogP contribution in [0.2, 0.25) is 10.0 Å². The third kappa shape index (κ3) is 7.46. The minimum atomic E-state index is -0.528. The fourth-order valence-corrected chi connectivity index (χ4v) is 5.63. The monoisotopic (exact) mass is 638 g/mol. The summed E-state index contributed by atoms with van der Waals surface area (Å²) in [5, 5.41) is 22.1.